The van der Waals surface area contributed by atoms with E-state index in [0.29, 0.717) is 10.8 Å². The second-order valence-corrected chi connectivity index (χ2v) is 9.75. The number of rotatable bonds is 7. The van der Waals surface area contributed by atoms with Crippen LogP contribution in [0.1, 0.15) is 12.6 Å². The van der Waals surface area contributed by atoms with Gasteiger partial charge >= 0.3 is 0 Å². The van der Waals surface area contributed by atoms with E-state index in [-0.39, 0.29) is 12.2 Å². The summed E-state index contributed by atoms with van der Waals surface area (Å²) in [4.78, 5) is 18.9. The number of hydrogen-bond donors (Lipinski definition) is 0. The fourth-order valence-electron chi connectivity index (χ4n) is 3.94. The minimum atomic E-state index is -0.167. The van der Waals surface area contributed by atoms with Crippen molar-refractivity contribution in [3.63, 3.8) is 0 Å². The number of aromatic nitrogens is 2. The summed E-state index contributed by atoms with van der Waals surface area (Å²) in [7, 11) is 0. The molecule has 0 bridgehead atoms. The fraction of sp³-hybridized carbons (Fsp3) is 0.103. The lowest BCUT2D eigenvalue weighted by Gasteiger charge is -2.15. The molecule has 3 aromatic carbocycles. The zero-order valence-corrected chi connectivity index (χ0v) is 20.7. The first kappa shape index (κ1) is 23.2. The third-order valence-corrected chi connectivity index (χ3v) is 6.76. The number of nitrogens with zero attached hydrogens (tertiary/aromatic N) is 2. The molecule has 0 aliphatic carbocycles. The van der Waals surface area contributed by atoms with E-state index in [0.717, 1.165) is 44.1 Å². The predicted octanol–water partition coefficient (Wildman–Crippen LogP) is 7.40. The fourth-order valence-corrected chi connectivity index (χ4v) is 4.76. The van der Waals surface area contributed by atoms with E-state index >= 15 is 0 Å². The maximum Gasteiger partial charge on any atom is 0.258 e. The first-order valence-electron chi connectivity index (χ1n) is 11.3. The first-order chi connectivity index (χ1) is 17.1. The molecule has 5 rings (SSSR count). The Labute approximate surface area is 213 Å². The molecule has 0 saturated carbocycles. The molecule has 0 saturated heterocycles. The normalized spacial score (nSPS) is 11.0. The highest BCUT2D eigenvalue weighted by Gasteiger charge is 2.11. The van der Waals surface area contributed by atoms with Crippen LogP contribution in [0.25, 0.3) is 27.7 Å². The SMILES string of the molecule is CCSc1ccc(-n2ccc(OCc3ccc4ccccc4n3)cc2=O)c(-c2ccc(Cl)cc2)c1. The van der Waals surface area contributed by atoms with Gasteiger partial charge in [0.05, 0.1) is 16.9 Å². The maximum atomic E-state index is 13.1. The van der Waals surface area contributed by atoms with Gasteiger partial charge in [-0.05, 0) is 59.8 Å². The molecule has 2 aromatic heterocycles. The van der Waals surface area contributed by atoms with Crippen molar-refractivity contribution in [3.05, 3.63) is 118 Å². The minimum absolute atomic E-state index is 0.167. The molecule has 174 valence electrons. The molecule has 5 aromatic rings. The van der Waals surface area contributed by atoms with E-state index in [9.17, 15) is 4.79 Å². The Morgan fingerprint density at radius 2 is 1.77 bits per heavy atom. The van der Waals surface area contributed by atoms with Crippen molar-refractivity contribution < 1.29 is 4.74 Å². The summed E-state index contributed by atoms with van der Waals surface area (Å²) >= 11 is 7.87. The van der Waals surface area contributed by atoms with Gasteiger partial charge in [-0.15, -0.1) is 11.8 Å². The average Bonchev–Trinajstić information content (AvgIpc) is 2.88. The molecule has 0 aliphatic rings. The summed E-state index contributed by atoms with van der Waals surface area (Å²) in [5.74, 6) is 1.48. The molecule has 2 heterocycles. The number of thioether (sulfide) groups is 1. The summed E-state index contributed by atoms with van der Waals surface area (Å²) in [6, 6.07) is 29.1. The van der Waals surface area contributed by atoms with Gasteiger partial charge in [0.15, 0.2) is 0 Å². The van der Waals surface area contributed by atoms with Gasteiger partial charge in [-0.3, -0.25) is 9.36 Å². The lowest BCUT2D eigenvalue weighted by Crippen LogP contribution is -2.17. The quantitative estimate of drug-likeness (QED) is 0.219. The molecule has 0 unspecified atom stereocenters. The second-order valence-electron chi connectivity index (χ2n) is 7.97. The zero-order chi connectivity index (χ0) is 24.2. The van der Waals surface area contributed by atoms with Crippen LogP contribution in [0.4, 0.5) is 0 Å². The molecule has 0 amide bonds. The smallest absolute Gasteiger partial charge is 0.258 e. The molecule has 4 nitrogen and oxygen atoms in total. The average molecular weight is 499 g/mol. The first-order valence-corrected chi connectivity index (χ1v) is 12.7. The third-order valence-electron chi connectivity index (χ3n) is 5.63. The summed E-state index contributed by atoms with van der Waals surface area (Å²) in [6.07, 6.45) is 1.76. The standard InChI is InChI=1S/C29H23ClN2O2S/c1-2-35-25-13-14-28(26(18-25)20-7-10-22(30)11-8-20)32-16-15-24(17-29(32)33)34-19-23-12-9-21-5-3-4-6-27(21)31-23/h3-18H,2,19H2,1H3. The summed E-state index contributed by atoms with van der Waals surface area (Å²) < 4.78 is 7.54. The Morgan fingerprint density at radius 3 is 2.57 bits per heavy atom. The number of ether oxygens (including phenoxy) is 1. The van der Waals surface area contributed by atoms with Gasteiger partial charge in [-0.25, -0.2) is 4.98 Å². The lowest BCUT2D eigenvalue weighted by molar-refractivity contribution is 0.301. The topological polar surface area (TPSA) is 44.1 Å². The highest BCUT2D eigenvalue weighted by molar-refractivity contribution is 7.99. The van der Waals surface area contributed by atoms with Gasteiger partial charge in [0.2, 0.25) is 0 Å². The van der Waals surface area contributed by atoms with Gasteiger partial charge in [-0.1, -0.05) is 54.9 Å². The second kappa shape index (κ2) is 10.4. The summed E-state index contributed by atoms with van der Waals surface area (Å²) in [5, 5.41) is 1.76. The van der Waals surface area contributed by atoms with Gasteiger partial charge in [0.25, 0.3) is 5.56 Å². The lowest BCUT2D eigenvalue weighted by atomic mass is 10.0. The van der Waals surface area contributed by atoms with E-state index in [2.05, 4.69) is 18.0 Å². The molecular weight excluding hydrogens is 476 g/mol. The highest BCUT2D eigenvalue weighted by Crippen LogP contribution is 2.32. The van der Waals surface area contributed by atoms with Gasteiger partial charge in [0, 0.05) is 33.1 Å². The maximum absolute atomic E-state index is 13.1. The van der Waals surface area contributed by atoms with E-state index in [1.54, 1.807) is 22.5 Å². The van der Waals surface area contributed by atoms with E-state index in [4.69, 9.17) is 16.3 Å². The van der Waals surface area contributed by atoms with Gasteiger partial charge in [-0.2, -0.15) is 0 Å². The number of pyridine rings is 2. The molecule has 0 aliphatic heterocycles. The predicted molar refractivity (Wildman–Crippen MR) is 145 cm³/mol. The molecule has 0 spiro atoms. The summed E-state index contributed by atoms with van der Waals surface area (Å²) in [5.41, 5.74) is 4.33. The van der Waals surface area contributed by atoms with Crippen LogP contribution in [0.15, 0.2) is 107 Å². The monoisotopic (exact) mass is 498 g/mol. The summed E-state index contributed by atoms with van der Waals surface area (Å²) in [6.45, 7) is 2.41. The van der Waals surface area contributed by atoms with Crippen molar-refractivity contribution in [1.82, 2.24) is 9.55 Å². The van der Waals surface area contributed by atoms with E-state index < -0.39 is 0 Å². The zero-order valence-electron chi connectivity index (χ0n) is 19.1. The van der Waals surface area contributed by atoms with Gasteiger partial charge < -0.3 is 4.74 Å². The number of para-hydroxylation sites is 1. The van der Waals surface area contributed by atoms with Crippen molar-refractivity contribution in [2.75, 3.05) is 5.75 Å². The van der Waals surface area contributed by atoms with E-state index in [1.807, 2.05) is 78.9 Å². The number of hydrogen-bond acceptors (Lipinski definition) is 4. The van der Waals surface area contributed by atoms with Crippen LogP contribution in [0, 0.1) is 0 Å². The van der Waals surface area contributed by atoms with Crippen LogP contribution in [0.2, 0.25) is 5.02 Å². The molecule has 35 heavy (non-hydrogen) atoms. The largest absolute Gasteiger partial charge is 0.487 e. The molecule has 0 radical (unpaired) electrons. The Bertz CT molecular complexity index is 1550. The van der Waals surface area contributed by atoms with E-state index in [1.165, 1.54) is 6.07 Å². The van der Waals surface area contributed by atoms with Crippen LogP contribution in [-0.4, -0.2) is 15.3 Å². The molecule has 0 atom stereocenters. The van der Waals surface area contributed by atoms with Crippen molar-refractivity contribution in [3.8, 4) is 22.6 Å². The number of halogens is 1. The molecule has 6 heteroatoms. The van der Waals surface area contributed by atoms with Crippen LogP contribution >= 0.6 is 23.4 Å². The van der Waals surface area contributed by atoms with Crippen LogP contribution in [0.3, 0.4) is 0 Å². The van der Waals surface area contributed by atoms with Crippen molar-refractivity contribution in [2.45, 2.75) is 18.4 Å². The van der Waals surface area contributed by atoms with Crippen LogP contribution in [-0.2, 0) is 6.61 Å². The number of fused-ring (bicyclic) bond motifs is 1. The van der Waals surface area contributed by atoms with Crippen molar-refractivity contribution >= 4 is 34.3 Å². The molecule has 0 fully saturated rings. The van der Waals surface area contributed by atoms with Crippen LogP contribution < -0.4 is 10.3 Å². The van der Waals surface area contributed by atoms with Crippen LogP contribution in [0.5, 0.6) is 5.75 Å². The number of benzene rings is 3. The highest BCUT2D eigenvalue weighted by atomic mass is 35.5. The Kier molecular flexibility index (Phi) is 6.89. The molecular formula is C29H23ClN2O2S. The Balaban J connectivity index is 1.43. The Morgan fingerprint density at radius 1 is 0.943 bits per heavy atom. The molecule has 0 N–H and O–H groups in total. The van der Waals surface area contributed by atoms with Crippen molar-refractivity contribution in [1.29, 1.82) is 0 Å². The van der Waals surface area contributed by atoms with Gasteiger partial charge in [0.1, 0.15) is 12.4 Å². The third kappa shape index (κ3) is 5.26. The van der Waals surface area contributed by atoms with Crippen molar-refractivity contribution in [2.24, 2.45) is 0 Å². The Hall–Kier alpha value is -3.54. The minimum Gasteiger partial charge on any atom is -0.487 e.